The normalized spacial score (nSPS) is 19.9. The first-order valence-corrected chi connectivity index (χ1v) is 6.70. The van der Waals surface area contributed by atoms with E-state index in [1.807, 2.05) is 4.90 Å². The smallest absolute Gasteiger partial charge is 0.255 e. The van der Waals surface area contributed by atoms with Crippen LogP contribution in [0.25, 0.3) is 0 Å². The number of nitrogen functional groups attached to an aromatic ring is 1. The zero-order valence-corrected chi connectivity index (χ0v) is 11.3. The fourth-order valence-electron chi connectivity index (χ4n) is 2.33. The number of piperidine rings is 1. The molecule has 1 aliphatic rings. The highest BCUT2D eigenvalue weighted by atomic mass is 35.5. The standard InChI is InChI=1S/C13H18ClN3O/c1-2-9-4-3-5-17(8-9)13(18)10-6-11(14)12(15)16-7-10/h6-7,9H,2-5,8H2,1H3,(H2,15,16). The van der Waals surface area contributed by atoms with Crippen LogP contribution in [-0.4, -0.2) is 28.9 Å². The van der Waals surface area contributed by atoms with Crippen molar-refractivity contribution in [3.05, 3.63) is 22.8 Å². The van der Waals surface area contributed by atoms with Crippen molar-refractivity contribution in [2.24, 2.45) is 5.92 Å². The van der Waals surface area contributed by atoms with Gasteiger partial charge in [0.05, 0.1) is 10.6 Å². The number of hydrogen-bond acceptors (Lipinski definition) is 3. The summed E-state index contributed by atoms with van der Waals surface area (Å²) in [6.07, 6.45) is 4.89. The van der Waals surface area contributed by atoms with E-state index in [2.05, 4.69) is 11.9 Å². The third-order valence-corrected chi connectivity index (χ3v) is 3.80. The van der Waals surface area contributed by atoms with E-state index in [4.69, 9.17) is 17.3 Å². The molecule has 1 saturated heterocycles. The maximum absolute atomic E-state index is 12.3. The molecule has 4 nitrogen and oxygen atoms in total. The first-order valence-electron chi connectivity index (χ1n) is 6.32. The number of anilines is 1. The van der Waals surface area contributed by atoms with Crippen LogP contribution in [0.4, 0.5) is 5.82 Å². The Morgan fingerprint density at radius 2 is 2.44 bits per heavy atom. The number of hydrogen-bond donors (Lipinski definition) is 1. The van der Waals surface area contributed by atoms with Crippen molar-refractivity contribution in [1.82, 2.24) is 9.88 Å². The number of amides is 1. The van der Waals surface area contributed by atoms with E-state index in [0.29, 0.717) is 16.5 Å². The van der Waals surface area contributed by atoms with E-state index in [-0.39, 0.29) is 11.7 Å². The Bertz CT molecular complexity index is 450. The fraction of sp³-hybridized carbons (Fsp3) is 0.538. The van der Waals surface area contributed by atoms with Gasteiger partial charge in [0.1, 0.15) is 5.82 Å². The van der Waals surface area contributed by atoms with Crippen molar-refractivity contribution in [2.75, 3.05) is 18.8 Å². The average Bonchev–Trinajstić information content (AvgIpc) is 2.41. The predicted molar refractivity (Wildman–Crippen MR) is 72.6 cm³/mol. The second kappa shape index (κ2) is 5.57. The molecule has 2 N–H and O–H groups in total. The first-order chi connectivity index (χ1) is 8.61. The number of nitrogens with zero attached hydrogens (tertiary/aromatic N) is 2. The molecule has 1 aromatic heterocycles. The largest absolute Gasteiger partial charge is 0.382 e. The summed E-state index contributed by atoms with van der Waals surface area (Å²) in [5.74, 6) is 0.876. The molecule has 1 unspecified atom stereocenters. The molecule has 0 radical (unpaired) electrons. The van der Waals surface area contributed by atoms with E-state index in [0.717, 1.165) is 25.9 Å². The summed E-state index contributed by atoms with van der Waals surface area (Å²) in [5.41, 5.74) is 6.06. The molecule has 98 valence electrons. The molecular weight excluding hydrogens is 250 g/mol. The SMILES string of the molecule is CCC1CCCN(C(=O)c2cnc(N)c(Cl)c2)C1. The first kappa shape index (κ1) is 13.1. The Morgan fingerprint density at radius 3 is 3.11 bits per heavy atom. The lowest BCUT2D eigenvalue weighted by molar-refractivity contribution is 0.0671. The number of carbonyl (C=O) groups is 1. The number of halogens is 1. The van der Waals surface area contributed by atoms with E-state index in [9.17, 15) is 4.79 Å². The Morgan fingerprint density at radius 1 is 1.67 bits per heavy atom. The molecule has 1 aliphatic heterocycles. The Labute approximate surface area is 112 Å². The molecule has 1 atom stereocenters. The van der Waals surface area contributed by atoms with Crippen molar-refractivity contribution in [3.8, 4) is 0 Å². The Kier molecular flexibility index (Phi) is 4.07. The predicted octanol–water partition coefficient (Wildman–Crippen LogP) is 2.58. The van der Waals surface area contributed by atoms with Gasteiger partial charge in [-0.3, -0.25) is 4.79 Å². The third kappa shape index (κ3) is 2.75. The highest BCUT2D eigenvalue weighted by Gasteiger charge is 2.23. The van der Waals surface area contributed by atoms with Gasteiger partial charge in [-0.25, -0.2) is 4.98 Å². The molecule has 1 amide bonds. The number of nitrogens with two attached hydrogens (primary N) is 1. The zero-order valence-electron chi connectivity index (χ0n) is 10.5. The Balaban J connectivity index is 2.12. The van der Waals surface area contributed by atoms with Gasteiger partial charge in [0.15, 0.2) is 0 Å². The second-order valence-electron chi connectivity index (χ2n) is 4.76. The summed E-state index contributed by atoms with van der Waals surface area (Å²) in [7, 11) is 0. The van der Waals surface area contributed by atoms with Crippen molar-refractivity contribution in [3.63, 3.8) is 0 Å². The van der Waals surface area contributed by atoms with Crippen LogP contribution in [0.3, 0.4) is 0 Å². The number of rotatable bonds is 2. The van der Waals surface area contributed by atoms with Crippen molar-refractivity contribution in [2.45, 2.75) is 26.2 Å². The maximum atomic E-state index is 12.3. The van der Waals surface area contributed by atoms with Crippen LogP contribution in [0.15, 0.2) is 12.3 Å². The summed E-state index contributed by atoms with van der Waals surface area (Å²) in [4.78, 5) is 18.1. The van der Waals surface area contributed by atoms with Gasteiger partial charge in [-0.15, -0.1) is 0 Å². The summed E-state index contributed by atoms with van der Waals surface area (Å²) in [6, 6.07) is 1.60. The lowest BCUT2D eigenvalue weighted by Gasteiger charge is -2.32. The van der Waals surface area contributed by atoms with Gasteiger partial charge in [-0.1, -0.05) is 24.9 Å². The van der Waals surface area contributed by atoms with Crippen LogP contribution in [0.5, 0.6) is 0 Å². The van der Waals surface area contributed by atoms with E-state index < -0.39 is 0 Å². The van der Waals surface area contributed by atoms with Gasteiger partial charge in [0.25, 0.3) is 5.91 Å². The second-order valence-corrected chi connectivity index (χ2v) is 5.17. The van der Waals surface area contributed by atoms with E-state index >= 15 is 0 Å². The van der Waals surface area contributed by atoms with Gasteiger partial charge >= 0.3 is 0 Å². The molecule has 2 heterocycles. The highest BCUT2D eigenvalue weighted by molar-refractivity contribution is 6.33. The summed E-state index contributed by atoms with van der Waals surface area (Å²) < 4.78 is 0. The van der Waals surface area contributed by atoms with Crippen molar-refractivity contribution >= 4 is 23.3 Å². The molecule has 2 rings (SSSR count). The molecule has 5 heteroatoms. The maximum Gasteiger partial charge on any atom is 0.255 e. The van der Waals surface area contributed by atoms with Gasteiger partial charge < -0.3 is 10.6 Å². The van der Waals surface area contributed by atoms with Crippen LogP contribution < -0.4 is 5.73 Å². The van der Waals surface area contributed by atoms with Gasteiger partial charge in [-0.2, -0.15) is 0 Å². The molecular formula is C13H18ClN3O. The summed E-state index contributed by atoms with van der Waals surface area (Å²) >= 11 is 5.89. The van der Waals surface area contributed by atoms with Crippen LogP contribution in [-0.2, 0) is 0 Å². The minimum absolute atomic E-state index is 0.00236. The lowest BCUT2D eigenvalue weighted by atomic mass is 9.95. The molecule has 0 spiro atoms. The monoisotopic (exact) mass is 267 g/mol. The molecule has 1 aromatic rings. The van der Waals surface area contributed by atoms with Crippen molar-refractivity contribution in [1.29, 1.82) is 0 Å². The van der Waals surface area contributed by atoms with Crippen LogP contribution >= 0.6 is 11.6 Å². The molecule has 0 aliphatic carbocycles. The number of likely N-dealkylation sites (tertiary alicyclic amines) is 1. The minimum atomic E-state index is 0.00236. The number of pyridine rings is 1. The average molecular weight is 268 g/mol. The van der Waals surface area contributed by atoms with Gasteiger partial charge in [0, 0.05) is 19.3 Å². The molecule has 0 saturated carbocycles. The summed E-state index contributed by atoms with van der Waals surface area (Å²) in [6.45, 7) is 3.81. The van der Waals surface area contributed by atoms with Crippen LogP contribution in [0.2, 0.25) is 5.02 Å². The molecule has 0 bridgehead atoms. The van der Waals surface area contributed by atoms with Gasteiger partial charge in [-0.05, 0) is 24.8 Å². The topological polar surface area (TPSA) is 59.2 Å². The molecule has 0 aromatic carbocycles. The van der Waals surface area contributed by atoms with Crippen molar-refractivity contribution < 1.29 is 4.79 Å². The highest BCUT2D eigenvalue weighted by Crippen LogP contribution is 2.22. The van der Waals surface area contributed by atoms with Crippen LogP contribution in [0, 0.1) is 5.92 Å². The Hall–Kier alpha value is -1.29. The zero-order chi connectivity index (χ0) is 13.1. The van der Waals surface area contributed by atoms with Gasteiger partial charge in [0.2, 0.25) is 0 Å². The minimum Gasteiger partial charge on any atom is -0.382 e. The fourth-order valence-corrected chi connectivity index (χ4v) is 2.50. The molecule has 1 fully saturated rings. The van der Waals surface area contributed by atoms with E-state index in [1.165, 1.54) is 12.6 Å². The lowest BCUT2D eigenvalue weighted by Crippen LogP contribution is -2.39. The summed E-state index contributed by atoms with van der Waals surface area (Å²) in [5, 5.41) is 0.338. The third-order valence-electron chi connectivity index (χ3n) is 3.50. The molecule has 18 heavy (non-hydrogen) atoms. The van der Waals surface area contributed by atoms with E-state index in [1.54, 1.807) is 6.07 Å². The van der Waals surface area contributed by atoms with Crippen LogP contribution in [0.1, 0.15) is 36.5 Å². The quantitative estimate of drug-likeness (QED) is 0.896. The number of carbonyl (C=O) groups excluding carboxylic acids is 1. The number of aromatic nitrogens is 1.